The summed E-state index contributed by atoms with van der Waals surface area (Å²) >= 11 is 0. The lowest BCUT2D eigenvalue weighted by molar-refractivity contribution is -0.315. The predicted molar refractivity (Wildman–Crippen MR) is 146 cm³/mol. The quantitative estimate of drug-likeness (QED) is 0.298. The number of hydrogen-bond donors (Lipinski definition) is 0. The Labute approximate surface area is 212 Å². The minimum atomic E-state index is 0.0225. The van der Waals surface area contributed by atoms with Gasteiger partial charge in [-0.15, -0.1) is 0 Å². The molecule has 0 spiro atoms. The van der Waals surface area contributed by atoms with Gasteiger partial charge in [0.15, 0.2) is 6.29 Å². The van der Waals surface area contributed by atoms with Crippen molar-refractivity contribution in [2.45, 2.75) is 145 Å². The second-order valence-corrected chi connectivity index (χ2v) is 11.3. The topological polar surface area (TPSA) is 35.5 Å². The molecule has 0 bridgehead atoms. The van der Waals surface area contributed by atoms with Crippen LogP contribution in [-0.2, 0) is 14.3 Å². The molecule has 0 N–H and O–H groups in total. The third kappa shape index (κ3) is 7.19. The van der Waals surface area contributed by atoms with Crippen molar-refractivity contribution in [1.29, 1.82) is 0 Å². The maximum atomic E-state index is 11.3. The van der Waals surface area contributed by atoms with Crippen LogP contribution in [0.3, 0.4) is 0 Å². The summed E-state index contributed by atoms with van der Waals surface area (Å²) in [4.78, 5) is 11.3. The fourth-order valence-electron chi connectivity index (χ4n) is 6.86. The number of unbranched alkanes of at least 4 members (excludes halogenated alkanes) is 1. The SMILES string of the molecule is C=C1CCC2[C@]3(C)CO[C@@H](C4CCCC4)O[C@@H]3CC[C@@]2(C)[C@@H]1CC=O.CC.CCC.CCCC. The Morgan fingerprint density at radius 1 is 0.971 bits per heavy atom. The Bertz CT molecular complexity index is 579. The third-order valence-electron chi connectivity index (χ3n) is 8.79. The van der Waals surface area contributed by atoms with E-state index in [-0.39, 0.29) is 17.1 Å². The summed E-state index contributed by atoms with van der Waals surface area (Å²) in [5, 5.41) is 0. The Balaban J connectivity index is 0.000000562. The number of hydrogen-bond acceptors (Lipinski definition) is 3. The smallest absolute Gasteiger partial charge is 0.160 e. The van der Waals surface area contributed by atoms with E-state index in [0.717, 1.165) is 32.2 Å². The van der Waals surface area contributed by atoms with Crippen molar-refractivity contribution in [2.75, 3.05) is 6.61 Å². The van der Waals surface area contributed by atoms with Gasteiger partial charge in [0.25, 0.3) is 0 Å². The van der Waals surface area contributed by atoms with E-state index in [4.69, 9.17) is 9.47 Å². The molecule has 3 saturated carbocycles. The fraction of sp³-hybridized carbons (Fsp3) is 0.903. The Morgan fingerprint density at radius 2 is 1.56 bits per heavy atom. The van der Waals surface area contributed by atoms with Crippen LogP contribution in [0.15, 0.2) is 12.2 Å². The highest BCUT2D eigenvalue weighted by molar-refractivity contribution is 5.51. The monoisotopic (exact) mass is 478 g/mol. The third-order valence-corrected chi connectivity index (χ3v) is 8.79. The molecule has 3 aliphatic carbocycles. The minimum absolute atomic E-state index is 0.0225. The molecule has 6 atom stereocenters. The summed E-state index contributed by atoms with van der Waals surface area (Å²) in [7, 11) is 0. The van der Waals surface area contributed by atoms with Crippen LogP contribution >= 0.6 is 0 Å². The molecule has 3 nitrogen and oxygen atoms in total. The summed E-state index contributed by atoms with van der Waals surface area (Å²) in [6.07, 6.45) is 15.6. The van der Waals surface area contributed by atoms with Gasteiger partial charge in [-0.2, -0.15) is 0 Å². The Kier molecular flexibility index (Phi) is 14.2. The molecule has 34 heavy (non-hydrogen) atoms. The number of ether oxygens (including phenoxy) is 2. The molecule has 4 fully saturated rings. The number of carbonyl (C=O) groups excluding carboxylic acids is 1. The van der Waals surface area contributed by atoms with E-state index >= 15 is 0 Å². The van der Waals surface area contributed by atoms with Crippen LogP contribution in [0.4, 0.5) is 0 Å². The van der Waals surface area contributed by atoms with Crippen LogP contribution in [-0.4, -0.2) is 25.3 Å². The van der Waals surface area contributed by atoms with Crippen molar-refractivity contribution in [3.05, 3.63) is 12.2 Å². The van der Waals surface area contributed by atoms with E-state index in [1.165, 1.54) is 56.9 Å². The molecule has 0 aromatic carbocycles. The van der Waals surface area contributed by atoms with Gasteiger partial charge in [0.2, 0.25) is 0 Å². The van der Waals surface area contributed by atoms with Gasteiger partial charge in [-0.25, -0.2) is 0 Å². The zero-order valence-corrected chi connectivity index (χ0v) is 24.1. The Hall–Kier alpha value is -0.670. The first-order valence-electron chi connectivity index (χ1n) is 14.7. The van der Waals surface area contributed by atoms with Gasteiger partial charge in [0.1, 0.15) is 6.29 Å². The van der Waals surface area contributed by atoms with Crippen LogP contribution in [0.5, 0.6) is 0 Å². The number of allylic oxidation sites excluding steroid dienone is 1. The average Bonchev–Trinajstić information content (AvgIpc) is 3.38. The minimum Gasteiger partial charge on any atom is -0.352 e. The largest absolute Gasteiger partial charge is 0.352 e. The molecule has 1 saturated heterocycles. The second kappa shape index (κ2) is 15.4. The summed E-state index contributed by atoms with van der Waals surface area (Å²) in [5.41, 5.74) is 1.52. The van der Waals surface area contributed by atoms with Crippen LogP contribution < -0.4 is 0 Å². The molecule has 3 heteroatoms. The molecule has 1 unspecified atom stereocenters. The van der Waals surface area contributed by atoms with E-state index in [1.54, 1.807) is 0 Å². The zero-order chi connectivity index (χ0) is 25.8. The molecule has 1 aliphatic heterocycles. The second-order valence-electron chi connectivity index (χ2n) is 11.3. The van der Waals surface area contributed by atoms with Crippen LogP contribution in [0.2, 0.25) is 0 Å². The van der Waals surface area contributed by atoms with Gasteiger partial charge in [-0.05, 0) is 55.8 Å². The maximum Gasteiger partial charge on any atom is 0.160 e. The molecule has 0 radical (unpaired) electrons. The number of fused-ring (bicyclic) bond motifs is 3. The van der Waals surface area contributed by atoms with Gasteiger partial charge in [0, 0.05) is 17.8 Å². The van der Waals surface area contributed by atoms with Crippen molar-refractivity contribution in [3.8, 4) is 0 Å². The molecule has 4 rings (SSSR count). The van der Waals surface area contributed by atoms with Crippen LogP contribution in [0.1, 0.15) is 132 Å². The number of rotatable bonds is 4. The fourth-order valence-corrected chi connectivity index (χ4v) is 6.86. The van der Waals surface area contributed by atoms with Gasteiger partial charge in [0.05, 0.1) is 12.7 Å². The zero-order valence-electron chi connectivity index (χ0n) is 24.1. The lowest BCUT2D eigenvalue weighted by atomic mass is 9.46. The van der Waals surface area contributed by atoms with Gasteiger partial charge in [-0.1, -0.05) is 99.6 Å². The number of aldehydes is 1. The first kappa shape index (κ1) is 31.4. The molecule has 4 aliphatic rings. The van der Waals surface area contributed by atoms with Crippen LogP contribution in [0.25, 0.3) is 0 Å². The highest BCUT2D eigenvalue weighted by Gasteiger charge is 2.60. The highest BCUT2D eigenvalue weighted by Crippen LogP contribution is 2.63. The van der Waals surface area contributed by atoms with Crippen molar-refractivity contribution in [3.63, 3.8) is 0 Å². The van der Waals surface area contributed by atoms with Gasteiger partial charge >= 0.3 is 0 Å². The van der Waals surface area contributed by atoms with Crippen molar-refractivity contribution >= 4 is 6.29 Å². The first-order chi connectivity index (χ1) is 16.3. The Morgan fingerprint density at radius 3 is 2.09 bits per heavy atom. The van der Waals surface area contributed by atoms with E-state index in [0.29, 0.717) is 30.3 Å². The lowest BCUT2D eigenvalue weighted by Gasteiger charge is -2.62. The summed E-state index contributed by atoms with van der Waals surface area (Å²) in [6, 6.07) is 0. The maximum absolute atomic E-state index is 11.3. The van der Waals surface area contributed by atoms with E-state index in [9.17, 15) is 4.79 Å². The molecule has 0 aromatic heterocycles. The predicted octanol–water partition coefficient (Wildman–Crippen LogP) is 9.14. The standard InChI is InChI=1S/C22H34O3.C4H10.C3H8.C2H6/c1-15-8-9-18-21(2,17(15)11-13-23)12-10-19-22(18,3)14-24-20(25-19)16-6-4-5-7-16;1-3-4-2;1-3-2;1-2/h13,16-20H,1,4-12,14H2,2-3H3;3-4H2,1-2H3;3H2,1-2H3;1-2H3/t17-,18?,19-,20-,21+,22+;;;/m1.../s1. The lowest BCUT2D eigenvalue weighted by Crippen LogP contribution is -2.61. The number of carbonyl (C=O) groups is 1. The van der Waals surface area contributed by atoms with E-state index in [2.05, 4.69) is 48.1 Å². The van der Waals surface area contributed by atoms with Gasteiger partial charge < -0.3 is 14.3 Å². The molecule has 200 valence electrons. The highest BCUT2D eigenvalue weighted by atomic mass is 16.7. The van der Waals surface area contributed by atoms with E-state index < -0.39 is 0 Å². The normalized spacial score (nSPS) is 36.9. The van der Waals surface area contributed by atoms with Crippen molar-refractivity contribution in [1.82, 2.24) is 0 Å². The summed E-state index contributed by atoms with van der Waals surface area (Å²) < 4.78 is 12.9. The molecular formula is C31H58O3. The molecule has 1 heterocycles. The van der Waals surface area contributed by atoms with Crippen molar-refractivity contribution in [2.24, 2.45) is 28.6 Å². The van der Waals surface area contributed by atoms with Gasteiger partial charge in [-0.3, -0.25) is 0 Å². The average molecular weight is 479 g/mol. The summed E-state index contributed by atoms with van der Waals surface area (Å²) in [6.45, 7) is 22.5. The molecular weight excluding hydrogens is 420 g/mol. The van der Waals surface area contributed by atoms with Crippen LogP contribution in [0, 0.1) is 28.6 Å². The van der Waals surface area contributed by atoms with E-state index in [1.807, 2.05) is 13.8 Å². The summed E-state index contributed by atoms with van der Waals surface area (Å²) in [5.74, 6) is 1.49. The van der Waals surface area contributed by atoms with Crippen molar-refractivity contribution < 1.29 is 14.3 Å². The molecule has 0 aromatic rings. The first-order valence-corrected chi connectivity index (χ1v) is 14.7. The molecule has 0 amide bonds.